The van der Waals surface area contributed by atoms with E-state index in [1.807, 2.05) is 18.2 Å². The van der Waals surface area contributed by atoms with Crippen LogP contribution in [0.1, 0.15) is 33.6 Å². The second-order valence-electron chi connectivity index (χ2n) is 7.95. The Kier molecular flexibility index (Phi) is 7.30. The predicted octanol–water partition coefficient (Wildman–Crippen LogP) is 4.97. The molecule has 32 heavy (non-hydrogen) atoms. The first-order chi connectivity index (χ1) is 15.4. The molecular formula is C24H25ClN2O3S2. The van der Waals surface area contributed by atoms with Gasteiger partial charge in [0, 0.05) is 28.6 Å². The van der Waals surface area contributed by atoms with Gasteiger partial charge in [0.1, 0.15) is 4.21 Å². The quantitative estimate of drug-likeness (QED) is 0.510. The van der Waals surface area contributed by atoms with E-state index in [1.54, 1.807) is 40.7 Å². The van der Waals surface area contributed by atoms with Crippen LogP contribution in [0, 0.1) is 5.92 Å². The number of nitrogens with zero attached hydrogens (tertiary/aromatic N) is 1. The molecule has 8 heteroatoms. The second kappa shape index (κ2) is 10.2. The highest BCUT2D eigenvalue weighted by molar-refractivity contribution is 7.91. The number of sulfonamides is 1. The molecule has 1 amide bonds. The molecule has 1 aliphatic rings. The molecule has 0 aliphatic carbocycles. The Labute approximate surface area is 198 Å². The molecule has 0 saturated carbocycles. The van der Waals surface area contributed by atoms with E-state index >= 15 is 0 Å². The number of nitrogens with one attached hydrogen (secondary N) is 1. The first kappa shape index (κ1) is 23.0. The van der Waals surface area contributed by atoms with Crippen LogP contribution in [0.5, 0.6) is 0 Å². The number of hydrogen-bond acceptors (Lipinski definition) is 4. The van der Waals surface area contributed by atoms with E-state index in [-0.39, 0.29) is 12.5 Å². The number of piperidine rings is 1. The van der Waals surface area contributed by atoms with Gasteiger partial charge in [0.2, 0.25) is 0 Å². The molecule has 0 spiro atoms. The first-order valence-corrected chi connectivity index (χ1v) is 13.2. The molecule has 1 fully saturated rings. The van der Waals surface area contributed by atoms with E-state index in [1.165, 1.54) is 16.9 Å². The lowest BCUT2D eigenvalue weighted by molar-refractivity contribution is 0.0951. The molecule has 3 aromatic rings. The van der Waals surface area contributed by atoms with Crippen molar-refractivity contribution in [2.45, 2.75) is 30.0 Å². The van der Waals surface area contributed by atoms with Gasteiger partial charge >= 0.3 is 0 Å². The minimum atomic E-state index is -3.51. The normalized spacial score (nSPS) is 15.5. The third-order valence-corrected chi connectivity index (χ3v) is 9.40. The molecule has 0 bridgehead atoms. The van der Waals surface area contributed by atoms with Crippen molar-refractivity contribution in [2.24, 2.45) is 5.92 Å². The number of rotatable bonds is 7. The standard InChI is InChI=1S/C24H25ClN2O3S2/c25-21-8-6-20(7-9-21)24(28)26-17-22-10-11-23(31-22)32(29,30)27-14-12-19(13-15-27)16-18-4-2-1-3-5-18/h1-11,19H,12-17H2,(H,26,28). The molecule has 168 valence electrons. The molecule has 1 aliphatic heterocycles. The summed E-state index contributed by atoms with van der Waals surface area (Å²) < 4.78 is 28.1. The van der Waals surface area contributed by atoms with Crippen LogP contribution >= 0.6 is 22.9 Å². The van der Waals surface area contributed by atoms with Crippen LogP contribution in [0.15, 0.2) is 70.9 Å². The van der Waals surface area contributed by atoms with Crippen molar-refractivity contribution in [1.29, 1.82) is 0 Å². The Balaban J connectivity index is 1.32. The smallest absolute Gasteiger partial charge is 0.252 e. The fourth-order valence-corrected chi connectivity index (χ4v) is 6.94. The lowest BCUT2D eigenvalue weighted by Gasteiger charge is -2.30. The lowest BCUT2D eigenvalue weighted by atomic mass is 9.91. The summed E-state index contributed by atoms with van der Waals surface area (Å²) in [6.45, 7) is 1.36. The van der Waals surface area contributed by atoms with Crippen molar-refractivity contribution in [2.75, 3.05) is 13.1 Å². The molecule has 2 aromatic carbocycles. The SMILES string of the molecule is O=C(NCc1ccc(S(=O)(=O)N2CCC(Cc3ccccc3)CC2)s1)c1ccc(Cl)cc1. The monoisotopic (exact) mass is 488 g/mol. The number of amides is 1. The summed E-state index contributed by atoms with van der Waals surface area (Å²) in [5, 5.41) is 3.40. The van der Waals surface area contributed by atoms with Crippen molar-refractivity contribution in [3.8, 4) is 0 Å². The summed E-state index contributed by atoms with van der Waals surface area (Å²) >= 11 is 7.06. The summed E-state index contributed by atoms with van der Waals surface area (Å²) in [6, 6.07) is 20.4. The van der Waals surface area contributed by atoms with E-state index in [9.17, 15) is 13.2 Å². The summed E-state index contributed by atoms with van der Waals surface area (Å²) in [7, 11) is -3.51. The predicted molar refractivity (Wildman–Crippen MR) is 129 cm³/mol. The van der Waals surface area contributed by atoms with E-state index in [2.05, 4.69) is 17.4 Å². The van der Waals surface area contributed by atoms with Gasteiger partial charge in [0.25, 0.3) is 15.9 Å². The second-order valence-corrected chi connectivity index (χ2v) is 11.7. The number of benzene rings is 2. The van der Waals surface area contributed by atoms with Crippen molar-refractivity contribution in [3.05, 3.63) is 87.8 Å². The molecule has 1 N–H and O–H groups in total. The number of carbonyl (C=O) groups excluding carboxylic acids is 1. The third kappa shape index (κ3) is 5.59. The Morgan fingerprint density at radius 1 is 1.00 bits per heavy atom. The van der Waals surface area contributed by atoms with Crippen LogP contribution < -0.4 is 5.32 Å². The minimum Gasteiger partial charge on any atom is -0.347 e. The number of hydrogen-bond donors (Lipinski definition) is 1. The van der Waals surface area contributed by atoms with Crippen LogP contribution in [0.2, 0.25) is 5.02 Å². The van der Waals surface area contributed by atoms with E-state index < -0.39 is 10.0 Å². The van der Waals surface area contributed by atoms with Crippen LogP contribution in [-0.2, 0) is 23.0 Å². The summed E-state index contributed by atoms with van der Waals surface area (Å²) in [5.74, 6) is 0.283. The Hall–Kier alpha value is -2.19. The molecule has 1 aromatic heterocycles. The zero-order chi connectivity index (χ0) is 22.6. The Morgan fingerprint density at radius 3 is 2.38 bits per heavy atom. The van der Waals surface area contributed by atoms with Gasteiger partial charge in [-0.1, -0.05) is 41.9 Å². The van der Waals surface area contributed by atoms with Gasteiger partial charge < -0.3 is 5.32 Å². The van der Waals surface area contributed by atoms with Gasteiger partial charge in [-0.2, -0.15) is 4.31 Å². The van der Waals surface area contributed by atoms with Crippen LogP contribution in [-0.4, -0.2) is 31.7 Å². The number of carbonyl (C=O) groups is 1. The largest absolute Gasteiger partial charge is 0.347 e. The third-order valence-electron chi connectivity index (χ3n) is 5.70. The van der Waals surface area contributed by atoms with E-state index in [0.717, 1.165) is 24.1 Å². The number of thiophene rings is 1. The fourth-order valence-electron chi connectivity index (χ4n) is 3.89. The molecule has 0 radical (unpaired) electrons. The van der Waals surface area contributed by atoms with Gasteiger partial charge in [-0.05, 0) is 67.1 Å². The average Bonchev–Trinajstić information content (AvgIpc) is 3.29. The molecule has 5 nitrogen and oxygen atoms in total. The molecule has 1 saturated heterocycles. The van der Waals surface area contributed by atoms with Gasteiger partial charge in [0.15, 0.2) is 0 Å². The molecule has 2 heterocycles. The molecule has 0 atom stereocenters. The van der Waals surface area contributed by atoms with Crippen molar-refractivity contribution >= 4 is 38.9 Å². The highest BCUT2D eigenvalue weighted by atomic mass is 35.5. The van der Waals surface area contributed by atoms with Gasteiger partial charge in [-0.3, -0.25) is 4.79 Å². The minimum absolute atomic E-state index is 0.222. The summed E-state index contributed by atoms with van der Waals surface area (Å²) in [5.41, 5.74) is 1.81. The highest BCUT2D eigenvalue weighted by Gasteiger charge is 2.30. The maximum absolute atomic E-state index is 13.1. The van der Waals surface area contributed by atoms with Gasteiger partial charge in [-0.25, -0.2) is 8.42 Å². The topological polar surface area (TPSA) is 66.5 Å². The van der Waals surface area contributed by atoms with Gasteiger partial charge in [0.05, 0.1) is 6.54 Å². The fraction of sp³-hybridized carbons (Fsp3) is 0.292. The highest BCUT2D eigenvalue weighted by Crippen LogP contribution is 2.29. The van der Waals surface area contributed by atoms with Gasteiger partial charge in [-0.15, -0.1) is 11.3 Å². The molecular weight excluding hydrogens is 464 g/mol. The van der Waals surface area contributed by atoms with Crippen LogP contribution in [0.25, 0.3) is 0 Å². The zero-order valence-corrected chi connectivity index (χ0v) is 19.9. The summed E-state index contributed by atoms with van der Waals surface area (Å²) in [4.78, 5) is 13.1. The van der Waals surface area contributed by atoms with E-state index in [4.69, 9.17) is 11.6 Å². The molecule has 4 rings (SSSR count). The van der Waals surface area contributed by atoms with Crippen LogP contribution in [0.3, 0.4) is 0 Å². The molecule has 0 unspecified atom stereocenters. The van der Waals surface area contributed by atoms with Crippen molar-refractivity contribution < 1.29 is 13.2 Å². The summed E-state index contributed by atoms with van der Waals surface area (Å²) in [6.07, 6.45) is 2.72. The Morgan fingerprint density at radius 2 is 1.69 bits per heavy atom. The van der Waals surface area contributed by atoms with E-state index in [0.29, 0.717) is 33.8 Å². The average molecular weight is 489 g/mol. The number of halogens is 1. The van der Waals surface area contributed by atoms with Crippen molar-refractivity contribution in [1.82, 2.24) is 9.62 Å². The zero-order valence-electron chi connectivity index (χ0n) is 17.5. The first-order valence-electron chi connectivity index (χ1n) is 10.6. The maximum atomic E-state index is 13.1. The Bertz CT molecular complexity index is 1150. The maximum Gasteiger partial charge on any atom is 0.252 e. The lowest BCUT2D eigenvalue weighted by Crippen LogP contribution is -2.38. The van der Waals surface area contributed by atoms with Crippen molar-refractivity contribution in [3.63, 3.8) is 0 Å². The van der Waals surface area contributed by atoms with Crippen LogP contribution in [0.4, 0.5) is 0 Å².